The van der Waals surface area contributed by atoms with Crippen LogP contribution in [0, 0.1) is 5.92 Å². The third-order valence-electron chi connectivity index (χ3n) is 4.78. The SMILES string of the molecule is CC(C)CCN1CCN(C(=O)NCc2cc(Cl)c3c(c2)OCCO3)CC1. The minimum Gasteiger partial charge on any atom is -0.486 e. The van der Waals surface area contributed by atoms with Crippen molar-refractivity contribution in [1.29, 1.82) is 0 Å². The second kappa shape index (κ2) is 8.82. The Balaban J connectivity index is 1.47. The number of nitrogens with zero attached hydrogens (tertiary/aromatic N) is 2. The molecule has 1 saturated heterocycles. The minimum absolute atomic E-state index is 0.0282. The van der Waals surface area contributed by atoms with Crippen LogP contribution in [-0.2, 0) is 6.54 Å². The predicted octanol–water partition coefficient (Wildman–Crippen LogP) is 2.98. The van der Waals surface area contributed by atoms with E-state index in [1.54, 1.807) is 0 Å². The number of amides is 2. The Bertz CT molecular complexity index is 631. The van der Waals surface area contributed by atoms with E-state index in [0.717, 1.165) is 38.3 Å². The molecule has 0 saturated carbocycles. The fourth-order valence-electron chi connectivity index (χ4n) is 3.17. The molecule has 1 N–H and O–H groups in total. The van der Waals surface area contributed by atoms with Crippen molar-refractivity contribution in [3.05, 3.63) is 22.7 Å². The Morgan fingerprint density at radius 2 is 1.92 bits per heavy atom. The summed E-state index contributed by atoms with van der Waals surface area (Å²) in [7, 11) is 0. The normalized spacial score (nSPS) is 17.5. The molecule has 2 amide bonds. The Kier molecular flexibility index (Phi) is 6.48. The molecule has 1 fully saturated rings. The molecular formula is C19H28ClN3O3. The van der Waals surface area contributed by atoms with Crippen molar-refractivity contribution in [3.63, 3.8) is 0 Å². The summed E-state index contributed by atoms with van der Waals surface area (Å²) in [5.74, 6) is 1.95. The number of hydrogen-bond donors (Lipinski definition) is 1. The highest BCUT2D eigenvalue weighted by molar-refractivity contribution is 6.32. The average molecular weight is 382 g/mol. The molecule has 7 heteroatoms. The first kappa shape index (κ1) is 19.1. The van der Waals surface area contributed by atoms with Crippen LogP contribution in [0.25, 0.3) is 0 Å². The number of fused-ring (bicyclic) bond motifs is 1. The molecule has 0 aliphatic carbocycles. The third kappa shape index (κ3) is 4.95. The number of ether oxygens (including phenoxy) is 2. The zero-order valence-electron chi connectivity index (χ0n) is 15.6. The van der Waals surface area contributed by atoms with Crippen LogP contribution in [0.4, 0.5) is 4.79 Å². The van der Waals surface area contributed by atoms with Crippen molar-refractivity contribution in [2.75, 3.05) is 45.9 Å². The number of hydrogen-bond acceptors (Lipinski definition) is 4. The van der Waals surface area contributed by atoms with Gasteiger partial charge < -0.3 is 19.7 Å². The van der Waals surface area contributed by atoms with Gasteiger partial charge in [-0.3, -0.25) is 4.90 Å². The van der Waals surface area contributed by atoms with E-state index in [1.165, 1.54) is 6.42 Å². The van der Waals surface area contributed by atoms with Crippen LogP contribution in [0.2, 0.25) is 5.02 Å². The quantitative estimate of drug-likeness (QED) is 0.851. The molecule has 144 valence electrons. The van der Waals surface area contributed by atoms with Gasteiger partial charge in [0.1, 0.15) is 13.2 Å². The maximum absolute atomic E-state index is 12.4. The van der Waals surface area contributed by atoms with Crippen LogP contribution in [0.15, 0.2) is 12.1 Å². The summed E-state index contributed by atoms with van der Waals surface area (Å²) >= 11 is 6.25. The van der Waals surface area contributed by atoms with E-state index in [9.17, 15) is 4.79 Å². The summed E-state index contributed by atoms with van der Waals surface area (Å²) in [4.78, 5) is 16.7. The standard InChI is InChI=1S/C19H28ClN3O3/c1-14(2)3-4-22-5-7-23(8-6-22)19(24)21-13-15-11-16(20)18-17(12-15)25-9-10-26-18/h11-12,14H,3-10,13H2,1-2H3,(H,21,24). The van der Waals surface area contributed by atoms with Gasteiger partial charge >= 0.3 is 6.03 Å². The van der Waals surface area contributed by atoms with Gasteiger partial charge in [-0.25, -0.2) is 4.79 Å². The lowest BCUT2D eigenvalue weighted by molar-refractivity contribution is 0.135. The minimum atomic E-state index is -0.0282. The molecule has 0 aromatic heterocycles. The van der Waals surface area contributed by atoms with Crippen molar-refractivity contribution in [1.82, 2.24) is 15.1 Å². The number of benzene rings is 1. The number of halogens is 1. The molecule has 6 nitrogen and oxygen atoms in total. The zero-order chi connectivity index (χ0) is 18.5. The molecule has 2 heterocycles. The second-order valence-corrected chi connectivity index (χ2v) is 7.68. The van der Waals surface area contributed by atoms with Crippen LogP contribution < -0.4 is 14.8 Å². The number of rotatable bonds is 5. The maximum atomic E-state index is 12.4. The summed E-state index contributed by atoms with van der Waals surface area (Å²) in [6.45, 7) is 10.5. The highest BCUT2D eigenvalue weighted by atomic mass is 35.5. The number of carbonyl (C=O) groups is 1. The van der Waals surface area contributed by atoms with Gasteiger partial charge in [0.05, 0.1) is 5.02 Å². The molecule has 26 heavy (non-hydrogen) atoms. The van der Waals surface area contributed by atoms with Gasteiger partial charge in [0.15, 0.2) is 11.5 Å². The number of nitrogens with one attached hydrogen (secondary N) is 1. The molecule has 0 bridgehead atoms. The predicted molar refractivity (Wildman–Crippen MR) is 102 cm³/mol. The molecule has 0 unspecified atom stereocenters. The summed E-state index contributed by atoms with van der Waals surface area (Å²) in [5.41, 5.74) is 0.906. The zero-order valence-corrected chi connectivity index (χ0v) is 16.3. The fourth-order valence-corrected chi connectivity index (χ4v) is 3.46. The largest absolute Gasteiger partial charge is 0.486 e. The van der Waals surface area contributed by atoms with E-state index >= 15 is 0 Å². The molecule has 0 spiro atoms. The monoisotopic (exact) mass is 381 g/mol. The van der Waals surface area contributed by atoms with Crippen LogP contribution >= 0.6 is 11.6 Å². The molecule has 2 aliphatic heterocycles. The van der Waals surface area contributed by atoms with Crippen molar-refractivity contribution in [2.24, 2.45) is 5.92 Å². The van der Waals surface area contributed by atoms with Crippen molar-refractivity contribution < 1.29 is 14.3 Å². The third-order valence-corrected chi connectivity index (χ3v) is 5.06. The summed E-state index contributed by atoms with van der Waals surface area (Å²) in [6.07, 6.45) is 1.21. The topological polar surface area (TPSA) is 54.0 Å². The van der Waals surface area contributed by atoms with Gasteiger partial charge in [-0.05, 0) is 36.6 Å². The van der Waals surface area contributed by atoms with E-state index < -0.39 is 0 Å². The van der Waals surface area contributed by atoms with E-state index in [2.05, 4.69) is 24.1 Å². The summed E-state index contributed by atoms with van der Waals surface area (Å²) in [5, 5.41) is 3.50. The van der Waals surface area contributed by atoms with Gasteiger partial charge in [0.25, 0.3) is 0 Å². The van der Waals surface area contributed by atoms with Crippen molar-refractivity contribution in [3.8, 4) is 11.5 Å². The average Bonchev–Trinajstić information content (AvgIpc) is 2.65. The van der Waals surface area contributed by atoms with Gasteiger partial charge in [0.2, 0.25) is 0 Å². The molecule has 1 aromatic rings. The highest BCUT2D eigenvalue weighted by Gasteiger charge is 2.21. The highest BCUT2D eigenvalue weighted by Crippen LogP contribution is 2.38. The smallest absolute Gasteiger partial charge is 0.317 e. The van der Waals surface area contributed by atoms with Crippen molar-refractivity contribution in [2.45, 2.75) is 26.8 Å². The Labute approximate surface area is 160 Å². The molecule has 0 radical (unpaired) electrons. The summed E-state index contributed by atoms with van der Waals surface area (Å²) in [6, 6.07) is 3.67. The first-order chi connectivity index (χ1) is 12.5. The first-order valence-electron chi connectivity index (χ1n) is 9.36. The van der Waals surface area contributed by atoms with Gasteiger partial charge in [0, 0.05) is 32.7 Å². The molecule has 2 aliphatic rings. The Morgan fingerprint density at radius 1 is 1.19 bits per heavy atom. The van der Waals surface area contributed by atoms with E-state index in [-0.39, 0.29) is 6.03 Å². The molecule has 3 rings (SSSR count). The number of carbonyl (C=O) groups excluding carboxylic acids is 1. The fraction of sp³-hybridized carbons (Fsp3) is 0.632. The molecule has 1 aromatic carbocycles. The number of urea groups is 1. The number of piperazine rings is 1. The van der Waals surface area contributed by atoms with Crippen LogP contribution in [-0.4, -0.2) is 61.8 Å². The first-order valence-corrected chi connectivity index (χ1v) is 9.74. The Morgan fingerprint density at radius 3 is 2.65 bits per heavy atom. The van der Waals surface area contributed by atoms with E-state index in [1.807, 2.05) is 17.0 Å². The van der Waals surface area contributed by atoms with Gasteiger partial charge in [-0.2, -0.15) is 0 Å². The Hall–Kier alpha value is -1.66. The van der Waals surface area contributed by atoms with Gasteiger partial charge in [-0.15, -0.1) is 0 Å². The van der Waals surface area contributed by atoms with Crippen molar-refractivity contribution >= 4 is 17.6 Å². The second-order valence-electron chi connectivity index (χ2n) is 7.27. The van der Waals surface area contributed by atoms with E-state index in [0.29, 0.717) is 42.2 Å². The van der Waals surface area contributed by atoms with Gasteiger partial charge in [-0.1, -0.05) is 25.4 Å². The lowest BCUT2D eigenvalue weighted by Gasteiger charge is -2.35. The van der Waals surface area contributed by atoms with Crippen LogP contribution in [0.5, 0.6) is 11.5 Å². The molecular weight excluding hydrogens is 354 g/mol. The van der Waals surface area contributed by atoms with Crippen LogP contribution in [0.3, 0.4) is 0 Å². The molecule has 0 atom stereocenters. The summed E-state index contributed by atoms with van der Waals surface area (Å²) < 4.78 is 11.1. The lowest BCUT2D eigenvalue weighted by Crippen LogP contribution is -2.51. The maximum Gasteiger partial charge on any atom is 0.317 e. The van der Waals surface area contributed by atoms with Crippen LogP contribution in [0.1, 0.15) is 25.8 Å². The lowest BCUT2D eigenvalue weighted by atomic mass is 10.1. The van der Waals surface area contributed by atoms with E-state index in [4.69, 9.17) is 21.1 Å².